The molecule has 4 rings (SSSR count). The Morgan fingerprint density at radius 2 is 1.81 bits per heavy atom. The summed E-state index contributed by atoms with van der Waals surface area (Å²) in [4.78, 5) is 28.9. The summed E-state index contributed by atoms with van der Waals surface area (Å²) in [5.41, 5.74) is 5.27. The van der Waals surface area contributed by atoms with Crippen molar-refractivity contribution >= 4 is 22.8 Å². The van der Waals surface area contributed by atoms with Crippen LogP contribution in [0.3, 0.4) is 0 Å². The van der Waals surface area contributed by atoms with Gasteiger partial charge in [0.05, 0.1) is 23.0 Å². The third-order valence-corrected chi connectivity index (χ3v) is 4.13. The Bertz CT molecular complexity index is 1080. The number of aromatic amines is 1. The molecular weight excluding hydrogens is 326 g/mol. The van der Waals surface area contributed by atoms with Crippen LogP contribution in [0.2, 0.25) is 0 Å². The van der Waals surface area contributed by atoms with E-state index in [2.05, 4.69) is 25.3 Å². The molecule has 6 heteroatoms. The third-order valence-electron chi connectivity index (χ3n) is 4.13. The summed E-state index contributed by atoms with van der Waals surface area (Å²) < 4.78 is 0. The first-order chi connectivity index (χ1) is 12.6. The number of nitrogens with one attached hydrogen (secondary N) is 2. The summed E-state index contributed by atoms with van der Waals surface area (Å²) in [5.74, 6) is 0.451. The van der Waals surface area contributed by atoms with Gasteiger partial charge in [0.25, 0.3) is 5.91 Å². The van der Waals surface area contributed by atoms with Crippen molar-refractivity contribution in [1.29, 1.82) is 0 Å². The molecule has 0 spiro atoms. The number of carbonyl (C=O) groups is 1. The van der Waals surface area contributed by atoms with Gasteiger partial charge in [-0.2, -0.15) is 0 Å². The number of hydrogen-bond acceptors (Lipinski definition) is 4. The van der Waals surface area contributed by atoms with Crippen LogP contribution in [0.25, 0.3) is 22.6 Å². The average molecular weight is 343 g/mol. The zero-order valence-corrected chi connectivity index (χ0v) is 14.4. The second kappa shape index (κ2) is 6.40. The van der Waals surface area contributed by atoms with Crippen LogP contribution in [0.5, 0.6) is 0 Å². The normalized spacial score (nSPS) is 10.8. The fourth-order valence-corrected chi connectivity index (χ4v) is 2.69. The van der Waals surface area contributed by atoms with Crippen LogP contribution in [0, 0.1) is 13.8 Å². The number of benzene rings is 1. The second-order valence-electron chi connectivity index (χ2n) is 6.15. The smallest absolute Gasteiger partial charge is 0.258 e. The van der Waals surface area contributed by atoms with Crippen molar-refractivity contribution in [2.75, 3.05) is 5.32 Å². The monoisotopic (exact) mass is 343 g/mol. The summed E-state index contributed by atoms with van der Waals surface area (Å²) in [5, 5.41) is 2.86. The van der Waals surface area contributed by atoms with Gasteiger partial charge in [-0.1, -0.05) is 29.8 Å². The minimum absolute atomic E-state index is 0.234. The standard InChI is InChI=1S/C20H17N5O/c1-12-3-6-14(7-4-12)18-24-17-16(9-10-21-19(17)25-18)20(26)23-15-8-5-13(2)22-11-15/h3-11H,1-2H3,(H,23,26)(H,21,24,25). The van der Waals surface area contributed by atoms with Crippen LogP contribution in [0.4, 0.5) is 5.69 Å². The summed E-state index contributed by atoms with van der Waals surface area (Å²) in [7, 11) is 0. The van der Waals surface area contributed by atoms with E-state index in [-0.39, 0.29) is 5.91 Å². The molecule has 0 atom stereocenters. The molecule has 1 amide bonds. The predicted molar refractivity (Wildman–Crippen MR) is 101 cm³/mol. The molecule has 0 saturated heterocycles. The molecule has 0 unspecified atom stereocenters. The van der Waals surface area contributed by atoms with E-state index >= 15 is 0 Å². The minimum Gasteiger partial charge on any atom is -0.336 e. The van der Waals surface area contributed by atoms with Crippen molar-refractivity contribution in [3.05, 3.63) is 71.7 Å². The van der Waals surface area contributed by atoms with Crippen molar-refractivity contribution in [2.45, 2.75) is 13.8 Å². The fraction of sp³-hybridized carbons (Fsp3) is 0.100. The van der Waals surface area contributed by atoms with Crippen LogP contribution in [0.15, 0.2) is 54.9 Å². The summed E-state index contributed by atoms with van der Waals surface area (Å²) in [6.07, 6.45) is 3.22. The maximum absolute atomic E-state index is 12.7. The summed E-state index contributed by atoms with van der Waals surface area (Å²) >= 11 is 0. The summed E-state index contributed by atoms with van der Waals surface area (Å²) in [6, 6.07) is 13.4. The second-order valence-corrected chi connectivity index (χ2v) is 6.15. The first kappa shape index (κ1) is 16.0. The lowest BCUT2D eigenvalue weighted by Gasteiger charge is -2.05. The SMILES string of the molecule is Cc1ccc(-c2nc3nccc(C(=O)Nc4ccc(C)nc4)c3[nH]2)cc1. The quantitative estimate of drug-likeness (QED) is 0.591. The Kier molecular flexibility index (Phi) is 3.93. The van der Waals surface area contributed by atoms with Gasteiger partial charge in [-0.3, -0.25) is 9.78 Å². The van der Waals surface area contributed by atoms with E-state index in [0.717, 1.165) is 11.3 Å². The van der Waals surface area contributed by atoms with Crippen LogP contribution < -0.4 is 5.32 Å². The minimum atomic E-state index is -0.234. The lowest BCUT2D eigenvalue weighted by Crippen LogP contribution is -2.12. The number of aryl methyl sites for hydroxylation is 2. The van der Waals surface area contributed by atoms with Crippen LogP contribution in [-0.4, -0.2) is 25.8 Å². The van der Waals surface area contributed by atoms with Crippen molar-refractivity contribution in [3.63, 3.8) is 0 Å². The highest BCUT2D eigenvalue weighted by atomic mass is 16.1. The van der Waals surface area contributed by atoms with Crippen LogP contribution in [0.1, 0.15) is 21.6 Å². The van der Waals surface area contributed by atoms with Crippen molar-refractivity contribution < 1.29 is 4.79 Å². The number of anilines is 1. The van der Waals surface area contributed by atoms with E-state index in [0.29, 0.717) is 28.2 Å². The van der Waals surface area contributed by atoms with E-state index in [1.165, 1.54) is 5.56 Å². The summed E-state index contributed by atoms with van der Waals surface area (Å²) in [6.45, 7) is 3.93. The number of fused-ring (bicyclic) bond motifs is 1. The van der Waals surface area contributed by atoms with E-state index in [1.54, 1.807) is 18.5 Å². The van der Waals surface area contributed by atoms with Crippen molar-refractivity contribution in [3.8, 4) is 11.4 Å². The molecule has 26 heavy (non-hydrogen) atoms. The molecule has 0 radical (unpaired) electrons. The maximum atomic E-state index is 12.7. The van der Waals surface area contributed by atoms with Gasteiger partial charge in [0.1, 0.15) is 5.82 Å². The number of pyridine rings is 2. The van der Waals surface area contributed by atoms with Gasteiger partial charge in [-0.15, -0.1) is 0 Å². The Morgan fingerprint density at radius 1 is 1.00 bits per heavy atom. The van der Waals surface area contributed by atoms with E-state index in [4.69, 9.17) is 0 Å². The number of amides is 1. The molecule has 3 heterocycles. The predicted octanol–water partition coefficient (Wildman–Crippen LogP) is 3.89. The zero-order valence-electron chi connectivity index (χ0n) is 14.4. The molecule has 0 aliphatic rings. The third kappa shape index (κ3) is 3.04. The first-order valence-electron chi connectivity index (χ1n) is 8.26. The van der Waals surface area contributed by atoms with Gasteiger partial charge in [0.15, 0.2) is 5.65 Å². The van der Waals surface area contributed by atoms with Crippen molar-refractivity contribution in [1.82, 2.24) is 19.9 Å². The molecule has 0 bridgehead atoms. The van der Waals surface area contributed by atoms with Gasteiger partial charge >= 0.3 is 0 Å². The molecule has 6 nitrogen and oxygen atoms in total. The van der Waals surface area contributed by atoms with E-state index in [1.807, 2.05) is 50.2 Å². The highest BCUT2D eigenvalue weighted by Crippen LogP contribution is 2.22. The Hall–Kier alpha value is -3.54. The van der Waals surface area contributed by atoms with Gasteiger partial charge in [-0.25, -0.2) is 9.97 Å². The first-order valence-corrected chi connectivity index (χ1v) is 8.26. The Labute approximate surface area is 150 Å². The van der Waals surface area contributed by atoms with E-state index < -0.39 is 0 Å². The molecular formula is C20H17N5O. The van der Waals surface area contributed by atoms with Gasteiger partial charge in [-0.05, 0) is 32.0 Å². The van der Waals surface area contributed by atoms with Crippen molar-refractivity contribution in [2.24, 2.45) is 0 Å². The Balaban J connectivity index is 1.70. The zero-order chi connectivity index (χ0) is 18.1. The average Bonchev–Trinajstić information content (AvgIpc) is 3.08. The fourth-order valence-electron chi connectivity index (χ4n) is 2.69. The van der Waals surface area contributed by atoms with E-state index in [9.17, 15) is 4.79 Å². The molecule has 1 aromatic carbocycles. The topological polar surface area (TPSA) is 83.6 Å². The number of aromatic nitrogens is 4. The molecule has 2 N–H and O–H groups in total. The number of nitrogens with zero attached hydrogens (tertiary/aromatic N) is 3. The lowest BCUT2D eigenvalue weighted by molar-refractivity contribution is 0.102. The van der Waals surface area contributed by atoms with Crippen LogP contribution in [-0.2, 0) is 0 Å². The number of rotatable bonds is 3. The van der Waals surface area contributed by atoms with Crippen LogP contribution >= 0.6 is 0 Å². The van der Waals surface area contributed by atoms with Gasteiger partial charge in [0, 0.05) is 17.5 Å². The lowest BCUT2D eigenvalue weighted by atomic mass is 10.1. The van der Waals surface area contributed by atoms with Gasteiger partial charge < -0.3 is 10.3 Å². The Morgan fingerprint density at radius 3 is 2.54 bits per heavy atom. The highest BCUT2D eigenvalue weighted by Gasteiger charge is 2.15. The molecule has 0 saturated carbocycles. The molecule has 0 fully saturated rings. The molecule has 3 aromatic heterocycles. The molecule has 4 aromatic rings. The number of H-pyrrole nitrogens is 1. The molecule has 0 aliphatic carbocycles. The molecule has 0 aliphatic heterocycles. The number of imidazole rings is 1. The number of carbonyl (C=O) groups excluding carboxylic acids is 1. The highest BCUT2D eigenvalue weighted by molar-refractivity contribution is 6.11. The largest absolute Gasteiger partial charge is 0.336 e. The molecule has 128 valence electrons. The van der Waals surface area contributed by atoms with Gasteiger partial charge in [0.2, 0.25) is 0 Å². The number of hydrogen-bond donors (Lipinski definition) is 2. The maximum Gasteiger partial charge on any atom is 0.258 e.